The lowest BCUT2D eigenvalue weighted by molar-refractivity contribution is -0.137. The first-order valence-corrected chi connectivity index (χ1v) is 9.76. The van der Waals surface area contributed by atoms with Crippen molar-refractivity contribution in [3.8, 4) is 0 Å². The van der Waals surface area contributed by atoms with Crippen molar-refractivity contribution >= 4 is 33.1 Å². The molecule has 1 fully saturated rings. The maximum atomic E-state index is 12.7. The summed E-state index contributed by atoms with van der Waals surface area (Å²) in [7, 11) is -4.83. The number of rotatable bonds is 6. The van der Waals surface area contributed by atoms with Gasteiger partial charge in [0.25, 0.3) is 5.91 Å². The molecule has 24 heavy (non-hydrogen) atoms. The number of halogens is 2. The van der Waals surface area contributed by atoms with Crippen LogP contribution in [0.2, 0.25) is 0 Å². The fraction of sp³-hybridized carbons (Fsp3) is 0.571. The quantitative estimate of drug-likeness (QED) is 0.817. The van der Waals surface area contributed by atoms with Crippen LogP contribution in [0.5, 0.6) is 0 Å². The van der Waals surface area contributed by atoms with E-state index in [-0.39, 0.29) is 17.2 Å². The predicted octanol–water partition coefficient (Wildman–Crippen LogP) is 2.46. The molecule has 2 rings (SSSR count). The molecule has 10 heteroatoms. The maximum Gasteiger partial charge on any atom is 0.341 e. The Kier molecular flexibility index (Phi) is 5.92. The lowest BCUT2D eigenvalue weighted by atomic mass is 9.93. The molecule has 0 spiro atoms. The highest BCUT2D eigenvalue weighted by Crippen LogP contribution is 2.30. The Morgan fingerprint density at radius 1 is 1.42 bits per heavy atom. The lowest BCUT2D eigenvalue weighted by Gasteiger charge is -2.32. The summed E-state index contributed by atoms with van der Waals surface area (Å²) in [6.45, 7) is 0.701. The van der Waals surface area contributed by atoms with E-state index in [9.17, 15) is 26.8 Å². The van der Waals surface area contributed by atoms with Crippen molar-refractivity contribution in [2.24, 2.45) is 5.92 Å². The molecule has 1 aromatic heterocycles. The summed E-state index contributed by atoms with van der Waals surface area (Å²) in [6.07, 6.45) is 1.87. The summed E-state index contributed by atoms with van der Waals surface area (Å²) < 4.78 is 48.8. The highest BCUT2D eigenvalue weighted by Gasteiger charge is 2.34. The molecule has 6 nitrogen and oxygen atoms in total. The zero-order chi connectivity index (χ0) is 17.9. The van der Waals surface area contributed by atoms with E-state index in [0.717, 1.165) is 23.8 Å². The molecule has 1 atom stereocenters. The normalized spacial score (nSPS) is 18.8. The molecule has 0 aromatic carbocycles. The van der Waals surface area contributed by atoms with E-state index in [4.69, 9.17) is 5.11 Å². The van der Waals surface area contributed by atoms with Gasteiger partial charge in [0, 0.05) is 19.5 Å². The van der Waals surface area contributed by atoms with Crippen LogP contribution in [0.1, 0.15) is 35.4 Å². The number of carboxylic acids is 1. The van der Waals surface area contributed by atoms with Gasteiger partial charge in [0.15, 0.2) is 0 Å². The summed E-state index contributed by atoms with van der Waals surface area (Å²) in [4.78, 5) is 23.8. The van der Waals surface area contributed by atoms with Crippen LogP contribution >= 0.6 is 11.3 Å². The number of alkyl halides is 2. The molecule has 1 aliphatic heterocycles. The Labute approximate surface area is 142 Å². The lowest BCUT2D eigenvalue weighted by Crippen LogP contribution is -2.40. The van der Waals surface area contributed by atoms with Gasteiger partial charge in [-0.05, 0) is 36.6 Å². The van der Waals surface area contributed by atoms with Crippen LogP contribution in [0.25, 0.3) is 0 Å². The number of thiophene rings is 1. The molecule has 1 unspecified atom stereocenters. The largest absolute Gasteiger partial charge is 0.481 e. The standard InChI is InChI=1S/C14H17F2NO5S2/c15-14(16)24(21,22)10-5-7-23-12(10)13(20)17-6-1-2-9(8-17)3-4-11(18)19/h5,7,9,14H,1-4,6,8H2,(H,18,19). The molecule has 0 radical (unpaired) electrons. The van der Waals surface area contributed by atoms with E-state index < -0.39 is 32.4 Å². The van der Waals surface area contributed by atoms with Crippen molar-refractivity contribution in [3.63, 3.8) is 0 Å². The first-order valence-electron chi connectivity index (χ1n) is 7.34. The zero-order valence-electron chi connectivity index (χ0n) is 12.7. The molecule has 0 saturated carbocycles. The van der Waals surface area contributed by atoms with Gasteiger partial charge in [0.05, 0.1) is 4.90 Å². The van der Waals surface area contributed by atoms with Gasteiger partial charge in [0.1, 0.15) is 4.88 Å². The zero-order valence-corrected chi connectivity index (χ0v) is 14.3. The summed E-state index contributed by atoms with van der Waals surface area (Å²) in [5.74, 6) is -5.08. The average molecular weight is 381 g/mol. The monoisotopic (exact) mass is 381 g/mol. The molecular formula is C14H17F2NO5S2. The number of nitrogens with zero attached hydrogens (tertiary/aromatic N) is 1. The molecule has 1 aliphatic rings. The third-order valence-electron chi connectivity index (χ3n) is 3.94. The first kappa shape index (κ1) is 18.8. The number of amides is 1. The van der Waals surface area contributed by atoms with Crippen LogP contribution in [-0.4, -0.2) is 49.1 Å². The Balaban J connectivity index is 2.15. The van der Waals surface area contributed by atoms with Crippen molar-refractivity contribution in [1.82, 2.24) is 4.90 Å². The number of likely N-dealkylation sites (tertiary alicyclic amines) is 1. The number of aliphatic carboxylic acids is 1. The fourth-order valence-corrected chi connectivity index (χ4v) is 4.86. The fourth-order valence-electron chi connectivity index (χ4n) is 2.73. The summed E-state index contributed by atoms with van der Waals surface area (Å²) in [6, 6.07) is 1.02. The molecular weight excluding hydrogens is 364 g/mol. The molecule has 1 N–H and O–H groups in total. The van der Waals surface area contributed by atoms with Crippen LogP contribution < -0.4 is 0 Å². The van der Waals surface area contributed by atoms with Crippen LogP contribution in [0.3, 0.4) is 0 Å². The number of sulfone groups is 1. The first-order chi connectivity index (χ1) is 11.2. The van der Waals surface area contributed by atoms with Crippen LogP contribution in [-0.2, 0) is 14.6 Å². The summed E-state index contributed by atoms with van der Waals surface area (Å²) in [5.41, 5.74) is 0. The van der Waals surface area contributed by atoms with E-state index in [2.05, 4.69) is 0 Å². The number of piperidine rings is 1. The Morgan fingerprint density at radius 3 is 2.75 bits per heavy atom. The van der Waals surface area contributed by atoms with Gasteiger partial charge in [-0.3, -0.25) is 9.59 Å². The average Bonchev–Trinajstić information content (AvgIpc) is 3.02. The third kappa shape index (κ3) is 4.10. The third-order valence-corrected chi connectivity index (χ3v) is 6.39. The summed E-state index contributed by atoms with van der Waals surface area (Å²) in [5, 5.41) is 10.0. The number of hydrogen-bond donors (Lipinski definition) is 1. The second-order valence-electron chi connectivity index (χ2n) is 5.61. The number of hydrogen-bond acceptors (Lipinski definition) is 5. The highest BCUT2D eigenvalue weighted by atomic mass is 32.2. The van der Waals surface area contributed by atoms with Crippen LogP contribution in [0.4, 0.5) is 8.78 Å². The summed E-state index contributed by atoms with van der Waals surface area (Å²) >= 11 is 0.817. The van der Waals surface area contributed by atoms with Gasteiger partial charge in [-0.25, -0.2) is 8.42 Å². The van der Waals surface area contributed by atoms with Gasteiger partial charge in [-0.2, -0.15) is 8.78 Å². The van der Waals surface area contributed by atoms with E-state index in [1.54, 1.807) is 0 Å². The van der Waals surface area contributed by atoms with E-state index in [0.29, 0.717) is 25.9 Å². The smallest absolute Gasteiger partial charge is 0.341 e. The Bertz CT molecular complexity index is 717. The van der Waals surface area contributed by atoms with Gasteiger partial charge in [0.2, 0.25) is 9.84 Å². The second kappa shape index (κ2) is 7.56. The van der Waals surface area contributed by atoms with Crippen molar-refractivity contribution in [2.75, 3.05) is 13.1 Å². The maximum absolute atomic E-state index is 12.7. The van der Waals surface area contributed by atoms with E-state index >= 15 is 0 Å². The van der Waals surface area contributed by atoms with Crippen molar-refractivity contribution in [1.29, 1.82) is 0 Å². The van der Waals surface area contributed by atoms with Crippen molar-refractivity contribution in [3.05, 3.63) is 16.3 Å². The van der Waals surface area contributed by atoms with Gasteiger partial charge < -0.3 is 10.0 Å². The van der Waals surface area contributed by atoms with Crippen molar-refractivity contribution in [2.45, 2.75) is 36.3 Å². The second-order valence-corrected chi connectivity index (χ2v) is 8.41. The molecule has 0 bridgehead atoms. The van der Waals surface area contributed by atoms with Crippen LogP contribution in [0, 0.1) is 5.92 Å². The Hall–Kier alpha value is -1.55. The number of carboxylic acid groups (broad SMARTS) is 1. The van der Waals surface area contributed by atoms with Gasteiger partial charge in [-0.1, -0.05) is 0 Å². The highest BCUT2D eigenvalue weighted by molar-refractivity contribution is 7.92. The minimum Gasteiger partial charge on any atom is -0.481 e. The SMILES string of the molecule is O=C(O)CCC1CCCN(C(=O)c2sccc2S(=O)(=O)C(F)F)C1. The molecule has 1 amide bonds. The molecule has 1 saturated heterocycles. The predicted molar refractivity (Wildman–Crippen MR) is 83.0 cm³/mol. The molecule has 1 aromatic rings. The van der Waals surface area contributed by atoms with E-state index in [1.165, 1.54) is 10.3 Å². The van der Waals surface area contributed by atoms with Gasteiger partial charge >= 0.3 is 11.7 Å². The minimum absolute atomic E-state index is 0.00326. The molecule has 0 aliphatic carbocycles. The number of carbonyl (C=O) groups excluding carboxylic acids is 1. The number of carbonyl (C=O) groups is 2. The van der Waals surface area contributed by atoms with Gasteiger partial charge in [-0.15, -0.1) is 11.3 Å². The topological polar surface area (TPSA) is 91.8 Å². The van der Waals surface area contributed by atoms with Crippen LogP contribution in [0.15, 0.2) is 16.3 Å². The molecule has 134 valence electrons. The minimum atomic E-state index is -4.83. The van der Waals surface area contributed by atoms with Crippen molar-refractivity contribution < 1.29 is 31.9 Å². The molecule has 2 heterocycles. The Morgan fingerprint density at radius 2 is 2.12 bits per heavy atom. The van der Waals surface area contributed by atoms with E-state index in [1.807, 2.05) is 0 Å².